The van der Waals surface area contributed by atoms with E-state index in [0.717, 1.165) is 5.56 Å². The first-order valence-corrected chi connectivity index (χ1v) is 15.6. The second-order valence-corrected chi connectivity index (χ2v) is 12.3. The number of hydrogen-bond donors (Lipinski definition) is 1. The van der Waals surface area contributed by atoms with Crippen molar-refractivity contribution < 1.29 is 42.1 Å². The van der Waals surface area contributed by atoms with Crippen LogP contribution in [0.1, 0.15) is 42.9 Å². The molecule has 0 bridgehead atoms. The van der Waals surface area contributed by atoms with Crippen LogP contribution >= 0.6 is 11.6 Å². The van der Waals surface area contributed by atoms with Gasteiger partial charge < -0.3 is 24.1 Å². The van der Waals surface area contributed by atoms with Gasteiger partial charge in [-0.15, -0.1) is 0 Å². The van der Waals surface area contributed by atoms with Crippen LogP contribution in [0.3, 0.4) is 0 Å². The third-order valence-electron chi connectivity index (χ3n) is 7.12. The zero-order valence-electron chi connectivity index (χ0n) is 23.9. The van der Waals surface area contributed by atoms with E-state index >= 15 is 0 Å². The summed E-state index contributed by atoms with van der Waals surface area (Å²) in [6.45, 7) is -0.360. The molecule has 0 spiro atoms. The molecule has 1 aliphatic heterocycles. The fraction of sp³-hybridized carbons (Fsp3) is 0.355. The molecule has 1 N–H and O–H groups in total. The maximum Gasteiger partial charge on any atom is 0.341 e. The van der Waals surface area contributed by atoms with Crippen LogP contribution in [-0.4, -0.2) is 63.2 Å². The van der Waals surface area contributed by atoms with Gasteiger partial charge in [-0.3, -0.25) is 4.79 Å². The predicted molar refractivity (Wildman–Crippen MR) is 159 cm³/mol. The van der Waals surface area contributed by atoms with Gasteiger partial charge in [-0.25, -0.2) is 13.2 Å². The molecule has 10 nitrogen and oxygen atoms in total. The van der Waals surface area contributed by atoms with E-state index in [0.29, 0.717) is 54.9 Å². The van der Waals surface area contributed by atoms with Crippen molar-refractivity contribution >= 4 is 33.6 Å². The first kappa shape index (κ1) is 32.1. The summed E-state index contributed by atoms with van der Waals surface area (Å²) in [4.78, 5) is 24.8. The van der Waals surface area contributed by atoms with Gasteiger partial charge in [0.15, 0.2) is 18.1 Å². The fourth-order valence-electron chi connectivity index (χ4n) is 4.99. The van der Waals surface area contributed by atoms with Gasteiger partial charge in [-0.2, -0.15) is 4.31 Å². The van der Waals surface area contributed by atoms with Gasteiger partial charge in [0.05, 0.1) is 19.1 Å². The quantitative estimate of drug-likeness (QED) is 0.251. The van der Waals surface area contributed by atoms with Crippen molar-refractivity contribution in [1.82, 2.24) is 4.31 Å². The Hall–Kier alpha value is -3.80. The summed E-state index contributed by atoms with van der Waals surface area (Å²) in [6, 6.07) is 17.1. The molecular formula is C31H34ClNO9S. The van der Waals surface area contributed by atoms with Crippen molar-refractivity contribution in [1.29, 1.82) is 0 Å². The average Bonchev–Trinajstić information content (AvgIpc) is 3.01. The Morgan fingerprint density at radius 3 is 2.49 bits per heavy atom. The van der Waals surface area contributed by atoms with E-state index in [1.807, 2.05) is 12.1 Å². The first-order chi connectivity index (χ1) is 20.6. The number of rotatable bonds is 13. The Bertz CT molecular complexity index is 1550. The lowest BCUT2D eigenvalue weighted by Gasteiger charge is -2.34. The molecular weight excluding hydrogens is 598 g/mol. The molecule has 12 heteroatoms. The van der Waals surface area contributed by atoms with E-state index < -0.39 is 40.7 Å². The Morgan fingerprint density at radius 2 is 1.77 bits per heavy atom. The molecule has 43 heavy (non-hydrogen) atoms. The summed E-state index contributed by atoms with van der Waals surface area (Å²) in [5.74, 6) is -0.355. The zero-order valence-corrected chi connectivity index (χ0v) is 25.5. The molecule has 230 valence electrons. The number of aryl methyl sites for hydroxylation is 1. The van der Waals surface area contributed by atoms with Gasteiger partial charge in [0.2, 0.25) is 10.0 Å². The molecule has 0 aliphatic carbocycles. The molecule has 3 aromatic carbocycles. The van der Waals surface area contributed by atoms with Gasteiger partial charge in [0.1, 0.15) is 17.9 Å². The molecule has 1 aliphatic rings. The predicted octanol–water partition coefficient (Wildman–Crippen LogP) is 5.28. The van der Waals surface area contributed by atoms with Gasteiger partial charge in [0, 0.05) is 11.6 Å². The fourth-order valence-corrected chi connectivity index (χ4v) is 6.94. The number of carboxylic acids is 1. The number of carbonyl (C=O) groups is 2. The van der Waals surface area contributed by atoms with E-state index in [-0.39, 0.29) is 16.5 Å². The lowest BCUT2D eigenvalue weighted by Crippen LogP contribution is -2.48. The van der Waals surface area contributed by atoms with Gasteiger partial charge in [-0.05, 0) is 85.7 Å². The minimum absolute atomic E-state index is 0.00739. The molecule has 1 fully saturated rings. The highest BCUT2D eigenvalue weighted by molar-refractivity contribution is 7.89. The summed E-state index contributed by atoms with van der Waals surface area (Å²) in [5.41, 5.74) is 1.48. The summed E-state index contributed by atoms with van der Waals surface area (Å²) in [7, 11) is -0.931. The zero-order chi connectivity index (χ0) is 31.0. The number of hydrogen-bond acceptors (Lipinski definition) is 8. The number of methoxy groups -OCH3 is 2. The van der Waals surface area contributed by atoms with Crippen molar-refractivity contribution in [3.63, 3.8) is 0 Å². The lowest BCUT2D eigenvalue weighted by molar-refractivity contribution is -0.155. The molecule has 0 amide bonds. The Balaban J connectivity index is 1.61. The number of aliphatic carboxylic acids is 1. The molecule has 2 atom stereocenters. The molecule has 0 radical (unpaired) electrons. The van der Waals surface area contributed by atoms with E-state index in [9.17, 15) is 18.0 Å². The largest absolute Gasteiger partial charge is 0.493 e. The highest BCUT2D eigenvalue weighted by Crippen LogP contribution is 2.33. The van der Waals surface area contributed by atoms with Crippen LogP contribution in [-0.2, 0) is 30.8 Å². The van der Waals surface area contributed by atoms with E-state index in [1.54, 1.807) is 56.7 Å². The minimum Gasteiger partial charge on any atom is -0.493 e. The maximum absolute atomic E-state index is 13.7. The van der Waals surface area contributed by atoms with E-state index in [4.69, 9.17) is 35.7 Å². The third kappa shape index (κ3) is 8.19. The van der Waals surface area contributed by atoms with Crippen LogP contribution in [0.15, 0.2) is 71.6 Å². The van der Waals surface area contributed by atoms with Crippen LogP contribution in [0, 0.1) is 0 Å². The summed E-state index contributed by atoms with van der Waals surface area (Å²) >= 11 is 6.07. The van der Waals surface area contributed by atoms with Crippen LogP contribution < -0.4 is 14.2 Å². The van der Waals surface area contributed by atoms with Crippen LogP contribution in [0.2, 0.25) is 5.02 Å². The molecule has 0 saturated carbocycles. The summed E-state index contributed by atoms with van der Waals surface area (Å²) in [6.07, 6.45) is 1.62. The first-order valence-electron chi connectivity index (χ1n) is 13.8. The Kier molecular flexibility index (Phi) is 10.9. The Morgan fingerprint density at radius 1 is 1.00 bits per heavy atom. The highest BCUT2D eigenvalue weighted by atomic mass is 35.5. The van der Waals surface area contributed by atoms with Crippen molar-refractivity contribution in [2.45, 2.75) is 49.1 Å². The molecule has 3 aromatic rings. The monoisotopic (exact) mass is 631 g/mol. The number of esters is 1. The second-order valence-electron chi connectivity index (χ2n) is 9.99. The van der Waals surface area contributed by atoms with E-state index in [2.05, 4.69) is 0 Å². The second kappa shape index (κ2) is 14.6. The number of piperidine rings is 1. The normalized spacial score (nSPS) is 16.2. The van der Waals surface area contributed by atoms with Crippen molar-refractivity contribution in [2.24, 2.45) is 0 Å². The number of sulfonamides is 1. The lowest BCUT2D eigenvalue weighted by atomic mass is 10.00. The topological polar surface area (TPSA) is 129 Å². The number of halogens is 1. The SMILES string of the molecule is COc1ccc(CC[C@@H](OC(=O)[C@@H]2CCCCN2S(=O)(=O)c2cccc(Cl)c2)c2cccc(OCC(=O)O)c2)cc1OC. The molecule has 1 heterocycles. The third-order valence-corrected chi connectivity index (χ3v) is 9.26. The number of carboxylic acid groups (broad SMARTS) is 1. The Labute approximate surface area is 256 Å². The molecule has 1 saturated heterocycles. The van der Waals surface area contributed by atoms with Crippen molar-refractivity contribution in [3.05, 3.63) is 82.9 Å². The van der Waals surface area contributed by atoms with Crippen molar-refractivity contribution in [2.75, 3.05) is 27.4 Å². The van der Waals surface area contributed by atoms with Crippen LogP contribution in [0.4, 0.5) is 0 Å². The maximum atomic E-state index is 13.7. The molecule has 4 rings (SSSR count). The van der Waals surface area contributed by atoms with E-state index in [1.165, 1.54) is 16.4 Å². The number of ether oxygens (including phenoxy) is 4. The number of carbonyl (C=O) groups excluding carboxylic acids is 1. The average molecular weight is 632 g/mol. The highest BCUT2D eigenvalue weighted by Gasteiger charge is 2.39. The van der Waals surface area contributed by atoms with Gasteiger partial charge in [0.25, 0.3) is 0 Å². The van der Waals surface area contributed by atoms with Gasteiger partial charge >= 0.3 is 11.9 Å². The number of nitrogens with zero attached hydrogens (tertiary/aromatic N) is 1. The standard InChI is InChI=1S/C31H34ClNO9S/c1-39-28-15-13-21(17-29(28)40-2)12-14-27(22-7-5-9-24(18-22)41-20-30(34)35)42-31(36)26-11-3-4-16-33(26)43(37,38)25-10-6-8-23(32)19-25/h5-10,13,15,17-19,26-27H,3-4,11-12,14,16,20H2,1-2H3,(H,34,35)/t26-,27+/m0/s1. The minimum atomic E-state index is -4.02. The molecule has 0 unspecified atom stereocenters. The number of benzene rings is 3. The summed E-state index contributed by atoms with van der Waals surface area (Å²) < 4.78 is 50.5. The molecule has 0 aromatic heterocycles. The summed E-state index contributed by atoms with van der Waals surface area (Å²) in [5, 5.41) is 9.30. The van der Waals surface area contributed by atoms with Crippen LogP contribution in [0.5, 0.6) is 17.2 Å². The van der Waals surface area contributed by atoms with Crippen LogP contribution in [0.25, 0.3) is 0 Å². The smallest absolute Gasteiger partial charge is 0.341 e. The van der Waals surface area contributed by atoms with Gasteiger partial charge in [-0.1, -0.05) is 35.9 Å². The van der Waals surface area contributed by atoms with Crippen molar-refractivity contribution in [3.8, 4) is 17.2 Å².